The summed E-state index contributed by atoms with van der Waals surface area (Å²) in [6.45, 7) is 21.4. The highest BCUT2D eigenvalue weighted by molar-refractivity contribution is 8.64. The number of rotatable bonds is 6. The molecule has 2 aromatic carbocycles. The Labute approximate surface area is 425 Å². The van der Waals surface area contributed by atoms with Gasteiger partial charge in [-0.25, -0.2) is 0 Å². The maximum atomic E-state index is 12.7. The first-order valence-corrected chi connectivity index (χ1v) is 29.4. The molecule has 0 spiro atoms. The predicted octanol–water partition coefficient (Wildman–Crippen LogP) is 11.2. The summed E-state index contributed by atoms with van der Waals surface area (Å²) in [7, 11) is 5.63. The van der Waals surface area contributed by atoms with Crippen LogP contribution in [0, 0.1) is 34.6 Å². The van der Waals surface area contributed by atoms with E-state index < -0.39 is 23.3 Å². The Balaban J connectivity index is 0.000000218. The molecule has 0 fully saturated rings. The molecule has 0 aliphatic carbocycles. The molecule has 0 radical (unpaired) electrons. The van der Waals surface area contributed by atoms with Gasteiger partial charge in [0.25, 0.3) is 0 Å². The summed E-state index contributed by atoms with van der Waals surface area (Å²) < 4.78 is 13.1. The monoisotopic (exact) mass is 1080 g/mol. The highest BCUT2D eigenvalue weighted by Gasteiger charge is 2.34. The van der Waals surface area contributed by atoms with E-state index in [-0.39, 0.29) is 24.8 Å². The van der Waals surface area contributed by atoms with Gasteiger partial charge in [-0.15, -0.1) is 32.9 Å². The minimum atomic E-state index is -0.569. The topological polar surface area (TPSA) is 120 Å². The molecule has 0 amide bonds. The van der Waals surface area contributed by atoms with Crippen molar-refractivity contribution in [1.82, 2.24) is 14.8 Å². The molecule has 0 unspecified atom stereocenters. The number of esters is 2. The molecule has 2 aliphatic rings. The van der Waals surface area contributed by atoms with Gasteiger partial charge >= 0.3 is 11.9 Å². The number of aromatic nitrogens is 3. The molecule has 0 saturated carbocycles. The number of hydrogen-bond donors (Lipinski definition) is 1. The van der Waals surface area contributed by atoms with Gasteiger partial charge in [0.2, 0.25) is 0 Å². The van der Waals surface area contributed by atoms with Crippen LogP contribution < -0.4 is 5.32 Å². The van der Waals surface area contributed by atoms with Crippen molar-refractivity contribution in [2.75, 3.05) is 5.32 Å². The number of hydrogen-bond acceptors (Lipinski definition) is 13. The summed E-state index contributed by atoms with van der Waals surface area (Å²) in [6.07, 6.45) is 0.173. The SMILES string of the molecule is Cc1sc2c(c1C)C(c1ccc(Cl)cc1)=N[C@@H](CC(=O)OC(C)(C)C)C(=S)N2.Cc1sc2c(c1C)C(c1ccc(Cl)cc1)=N[C@@H](CC(=O)OC(C)(C)C)c1nnc(C)n1-2.S=S=S=S=S=S. The maximum absolute atomic E-state index is 12.7. The van der Waals surface area contributed by atoms with E-state index in [1.165, 1.54) is 45.3 Å². The van der Waals surface area contributed by atoms with Gasteiger partial charge < -0.3 is 14.8 Å². The van der Waals surface area contributed by atoms with E-state index >= 15 is 0 Å². The van der Waals surface area contributed by atoms with Crippen LogP contribution in [0.5, 0.6) is 0 Å². The predicted molar refractivity (Wildman–Crippen MR) is 289 cm³/mol. The van der Waals surface area contributed by atoms with Crippen LogP contribution in [-0.4, -0.2) is 60.4 Å². The van der Waals surface area contributed by atoms with Crippen molar-refractivity contribution in [3.8, 4) is 5.00 Å². The molecule has 3 aromatic heterocycles. The van der Waals surface area contributed by atoms with Crippen LogP contribution in [0.15, 0.2) is 58.5 Å². The third-order valence-electron chi connectivity index (χ3n) is 9.56. The Morgan fingerprint density at radius 2 is 1.15 bits per heavy atom. The number of aliphatic imine (C=N–C) groups is 2. The number of halogens is 2. The average Bonchev–Trinajstić information content (AvgIpc) is 3.76. The minimum Gasteiger partial charge on any atom is -0.460 e. The Morgan fingerprint density at radius 1 is 0.708 bits per heavy atom. The van der Waals surface area contributed by atoms with Crippen molar-refractivity contribution in [2.45, 2.75) is 112 Å². The molecule has 346 valence electrons. The number of anilines is 1. The van der Waals surface area contributed by atoms with Gasteiger partial charge in [-0.3, -0.25) is 24.1 Å². The normalized spacial score (nSPS) is 15.2. The fourth-order valence-corrected chi connectivity index (χ4v) is 15.0. The van der Waals surface area contributed by atoms with Crippen molar-refractivity contribution in [1.29, 1.82) is 0 Å². The molecular formula is C44H48Cl2N6O4S9. The van der Waals surface area contributed by atoms with Gasteiger partial charge in [0, 0.05) is 100.0 Å². The molecule has 10 nitrogen and oxygen atoms in total. The molecule has 65 heavy (non-hydrogen) atoms. The van der Waals surface area contributed by atoms with Crippen LogP contribution in [0.4, 0.5) is 5.00 Å². The number of nitrogens with zero attached hydrogens (tertiary/aromatic N) is 5. The first kappa shape index (κ1) is 53.0. The highest BCUT2D eigenvalue weighted by atomic mass is 35.5. The van der Waals surface area contributed by atoms with Gasteiger partial charge in [-0.2, -0.15) is 0 Å². The quantitative estimate of drug-likeness (QED) is 0.130. The van der Waals surface area contributed by atoms with Gasteiger partial charge in [0.1, 0.15) is 44.1 Å². The number of carbonyl (C=O) groups excluding carboxylic acids is 2. The summed E-state index contributed by atoms with van der Waals surface area (Å²) >= 11 is 30.1. The molecule has 2 aliphatic heterocycles. The Bertz CT molecular complexity index is 2830. The van der Waals surface area contributed by atoms with E-state index in [9.17, 15) is 9.59 Å². The van der Waals surface area contributed by atoms with Gasteiger partial charge in [-0.1, -0.05) is 59.7 Å². The van der Waals surface area contributed by atoms with Crippen molar-refractivity contribution in [2.24, 2.45) is 9.98 Å². The lowest BCUT2D eigenvalue weighted by Crippen LogP contribution is -2.31. The second-order valence-corrected chi connectivity index (χ2v) is 27.6. The minimum absolute atomic E-state index is 0.0828. The van der Waals surface area contributed by atoms with Crippen molar-refractivity contribution in [3.05, 3.63) is 113 Å². The molecule has 7 rings (SSSR count). The zero-order valence-corrected chi connectivity index (χ0v) is 46.3. The highest BCUT2D eigenvalue weighted by Crippen LogP contribution is 2.40. The van der Waals surface area contributed by atoms with E-state index in [0.717, 1.165) is 60.6 Å². The van der Waals surface area contributed by atoms with E-state index in [1.807, 2.05) is 102 Å². The number of thiophene rings is 2. The number of aryl methyl sites for hydroxylation is 3. The summed E-state index contributed by atoms with van der Waals surface area (Å²) in [6, 6.07) is 14.2. The van der Waals surface area contributed by atoms with Crippen LogP contribution in [0.1, 0.15) is 115 Å². The molecule has 21 heteroatoms. The van der Waals surface area contributed by atoms with E-state index in [2.05, 4.69) is 65.6 Å². The second-order valence-electron chi connectivity index (χ2n) is 16.7. The van der Waals surface area contributed by atoms with E-state index in [0.29, 0.717) is 20.9 Å². The fraction of sp³-hybridized carbons (Fsp3) is 0.386. The molecule has 0 saturated heterocycles. The van der Waals surface area contributed by atoms with Crippen molar-refractivity contribution < 1.29 is 19.1 Å². The maximum Gasteiger partial charge on any atom is 0.308 e. The number of ether oxygens (including phenoxy) is 2. The van der Waals surface area contributed by atoms with Gasteiger partial charge in [-0.05, 0) is 112 Å². The first-order valence-electron chi connectivity index (χ1n) is 20.0. The van der Waals surface area contributed by atoms with Crippen molar-refractivity contribution >= 4 is 149 Å². The second kappa shape index (κ2) is 22.9. The number of nitrogens with one attached hydrogen (secondary N) is 1. The van der Waals surface area contributed by atoms with Crippen LogP contribution in [0.2, 0.25) is 10.0 Å². The molecule has 1 N–H and O–H groups in total. The molecule has 0 bridgehead atoms. The zero-order chi connectivity index (χ0) is 48.0. The fourth-order valence-electron chi connectivity index (χ4n) is 6.68. The summed E-state index contributed by atoms with van der Waals surface area (Å²) in [4.78, 5) is 38.0. The first-order chi connectivity index (χ1) is 30.5. The standard InChI is InChI=1S/C23H25ClN4O2S.C21H23ClN2O2S2.S6/c1-12-13(2)31-22-19(12)20(15-7-9-16(24)10-8-15)25-17(11-18(29)30-23(4,5)6)21-27-26-14(3)28(21)22;1-11-12(2)28-20-17(11)18(13-6-8-14(22)9-7-13)23-15(19(27)24-20)10-16(25)26-21(3,4)5;1-3-5-6-4-2/h7-10,17H,11H2,1-6H3;6-9,15H,10H2,1-5H3,(H,24,27);/t17-;15-;/m00./s1. The van der Waals surface area contributed by atoms with Crippen LogP contribution in [0.3, 0.4) is 0 Å². The lowest BCUT2D eigenvalue weighted by molar-refractivity contribution is -0.156. The van der Waals surface area contributed by atoms with Gasteiger partial charge in [0.15, 0.2) is 5.82 Å². The summed E-state index contributed by atoms with van der Waals surface area (Å²) in [5.41, 5.74) is 6.78. The number of fused-ring (bicyclic) bond motifs is 4. The van der Waals surface area contributed by atoms with Crippen LogP contribution in [-0.2, 0) is 77.0 Å². The Hall–Kier alpha value is -2.95. The lowest BCUT2D eigenvalue weighted by Gasteiger charge is -2.21. The molecule has 5 aromatic rings. The molecular weight excluding hydrogens is 1040 g/mol. The number of benzene rings is 2. The zero-order valence-electron chi connectivity index (χ0n) is 37.5. The number of carbonyl (C=O) groups is 2. The van der Waals surface area contributed by atoms with Crippen LogP contribution >= 0.6 is 58.1 Å². The van der Waals surface area contributed by atoms with E-state index in [1.54, 1.807) is 22.7 Å². The molecule has 2 atom stereocenters. The third-order valence-corrected chi connectivity index (χ3v) is 19.4. The van der Waals surface area contributed by atoms with E-state index in [4.69, 9.17) is 54.9 Å². The lowest BCUT2D eigenvalue weighted by atomic mass is 9.99. The largest absolute Gasteiger partial charge is 0.460 e. The van der Waals surface area contributed by atoms with Crippen molar-refractivity contribution in [3.63, 3.8) is 0 Å². The van der Waals surface area contributed by atoms with Crippen LogP contribution in [0.25, 0.3) is 5.00 Å². The Morgan fingerprint density at radius 3 is 1.65 bits per heavy atom. The summed E-state index contributed by atoms with van der Waals surface area (Å²) in [5.74, 6) is 0.773. The third kappa shape index (κ3) is 14.1. The number of thiocarbonyl (C=S) groups is 1. The van der Waals surface area contributed by atoms with Gasteiger partial charge in [0.05, 0.1) is 24.3 Å². The summed E-state index contributed by atoms with van der Waals surface area (Å²) in [5, 5.41) is 15.3. The smallest absolute Gasteiger partial charge is 0.308 e. The average molecular weight is 1080 g/mol. The Kier molecular flexibility index (Phi) is 18.7. The molecule has 5 heterocycles.